The molecular weight excluding hydrogens is 430 g/mol. The summed E-state index contributed by atoms with van der Waals surface area (Å²) in [6.45, 7) is -0.982. The van der Waals surface area contributed by atoms with Crippen LogP contribution in [0.4, 0.5) is 20.3 Å². The molecule has 1 aromatic carbocycles. The number of halogens is 3. The van der Waals surface area contributed by atoms with Gasteiger partial charge < -0.3 is 15.5 Å². The van der Waals surface area contributed by atoms with Crippen molar-refractivity contribution in [3.63, 3.8) is 0 Å². The third-order valence-electron chi connectivity index (χ3n) is 3.20. The van der Waals surface area contributed by atoms with Gasteiger partial charge in [0.2, 0.25) is 0 Å². The summed E-state index contributed by atoms with van der Waals surface area (Å²) >= 11 is 3.15. The Morgan fingerprint density at radius 1 is 1.44 bits per heavy atom. The van der Waals surface area contributed by atoms with Gasteiger partial charge in [-0.2, -0.15) is 5.26 Å². The van der Waals surface area contributed by atoms with Crippen molar-refractivity contribution >= 4 is 33.3 Å². The van der Waals surface area contributed by atoms with Gasteiger partial charge >= 0.3 is 0 Å². The number of aliphatic hydroxyl groups excluding tert-OH is 2. The van der Waals surface area contributed by atoms with E-state index in [0.29, 0.717) is 4.47 Å². The van der Waals surface area contributed by atoms with Crippen molar-refractivity contribution in [1.29, 1.82) is 5.26 Å². The van der Waals surface area contributed by atoms with E-state index in [0.717, 1.165) is 12.1 Å². The summed E-state index contributed by atoms with van der Waals surface area (Å²) in [5.41, 5.74) is 1.39. The van der Waals surface area contributed by atoms with E-state index in [1.54, 1.807) is 0 Å². The molecule has 142 valence electrons. The molecule has 0 fully saturated rings. The van der Waals surface area contributed by atoms with Gasteiger partial charge in [-0.25, -0.2) is 19.2 Å². The van der Waals surface area contributed by atoms with E-state index in [2.05, 4.69) is 26.2 Å². The molecule has 0 spiro atoms. The molecule has 0 saturated carbocycles. The highest BCUT2D eigenvalue weighted by molar-refractivity contribution is 9.10. The molecule has 0 aliphatic rings. The Labute approximate surface area is 160 Å². The molecule has 1 atom stereocenters. The highest BCUT2D eigenvalue weighted by Gasteiger charge is 2.20. The number of pyridine rings is 1. The molecule has 1 unspecified atom stereocenters. The predicted molar refractivity (Wildman–Crippen MR) is 92.8 cm³/mol. The van der Waals surface area contributed by atoms with Crippen molar-refractivity contribution in [2.75, 3.05) is 18.5 Å². The minimum Gasteiger partial charge on any atom is -0.394 e. The lowest BCUT2D eigenvalue weighted by atomic mass is 10.1. The number of rotatable bonds is 7. The molecule has 8 nitrogen and oxygen atoms in total. The number of benzene rings is 1. The van der Waals surface area contributed by atoms with Crippen LogP contribution in [0.3, 0.4) is 0 Å². The summed E-state index contributed by atoms with van der Waals surface area (Å²) in [6.07, 6.45) is -0.00433. The summed E-state index contributed by atoms with van der Waals surface area (Å²) in [7, 11) is 0. The lowest BCUT2D eigenvalue weighted by Gasteiger charge is -2.14. The average Bonchev–Trinajstić information content (AvgIpc) is 2.66. The molecule has 0 aliphatic heterocycles. The van der Waals surface area contributed by atoms with Crippen LogP contribution in [-0.4, -0.2) is 40.4 Å². The molecule has 1 aromatic heterocycles. The molecule has 27 heavy (non-hydrogen) atoms. The normalized spacial score (nSPS) is 11.6. The molecule has 0 saturated heterocycles. The monoisotopic (exact) mass is 442 g/mol. The second-order valence-electron chi connectivity index (χ2n) is 5.15. The fourth-order valence-corrected chi connectivity index (χ4v) is 2.33. The van der Waals surface area contributed by atoms with Gasteiger partial charge in [0, 0.05) is 6.20 Å². The van der Waals surface area contributed by atoms with Crippen LogP contribution in [0.2, 0.25) is 0 Å². The Balaban J connectivity index is 2.29. The van der Waals surface area contributed by atoms with Crippen molar-refractivity contribution < 1.29 is 28.6 Å². The average molecular weight is 443 g/mol. The van der Waals surface area contributed by atoms with Gasteiger partial charge in [0.05, 0.1) is 27.9 Å². The van der Waals surface area contributed by atoms with Crippen LogP contribution in [0.25, 0.3) is 0 Å². The number of hydrogen-bond acceptors (Lipinski definition) is 7. The maximum Gasteiger partial charge on any atom is 0.277 e. The molecule has 0 aliphatic carbocycles. The maximum atomic E-state index is 14.3. The van der Waals surface area contributed by atoms with Crippen molar-refractivity contribution in [2.45, 2.75) is 6.10 Å². The molecule has 1 amide bonds. The quantitative estimate of drug-likeness (QED) is 0.481. The Morgan fingerprint density at radius 2 is 2.19 bits per heavy atom. The van der Waals surface area contributed by atoms with Crippen LogP contribution in [-0.2, 0) is 4.84 Å². The fraction of sp³-hybridized carbons (Fsp3) is 0.188. The third kappa shape index (κ3) is 5.18. The van der Waals surface area contributed by atoms with Crippen LogP contribution in [0.15, 0.2) is 28.9 Å². The van der Waals surface area contributed by atoms with Crippen molar-refractivity contribution in [1.82, 2.24) is 10.5 Å². The van der Waals surface area contributed by atoms with Gasteiger partial charge in [0.15, 0.2) is 11.6 Å². The zero-order chi connectivity index (χ0) is 20.0. The summed E-state index contributed by atoms with van der Waals surface area (Å²) in [5.74, 6) is -3.40. The van der Waals surface area contributed by atoms with Crippen LogP contribution in [0, 0.1) is 23.0 Å². The number of anilines is 2. The first-order valence-corrected chi connectivity index (χ1v) is 8.18. The molecule has 0 radical (unpaired) electrons. The number of nitrogens with one attached hydrogen (secondary N) is 2. The second kappa shape index (κ2) is 9.33. The fourth-order valence-electron chi connectivity index (χ4n) is 1.88. The van der Waals surface area contributed by atoms with Crippen molar-refractivity contribution in [3.8, 4) is 6.07 Å². The highest BCUT2D eigenvalue weighted by atomic mass is 79.9. The number of carbonyl (C=O) groups is 1. The van der Waals surface area contributed by atoms with Crippen LogP contribution < -0.4 is 10.8 Å². The standard InChI is InChI=1S/C16H13BrF2N4O4/c17-11-3-8(4-20)5-21-15(11)22-14-10(1-2-12(18)13(14)19)16(26)23-27-7-9(25)6-24/h1-3,5,9,24-25H,6-7H2,(H,21,22)(H,23,26). The molecule has 11 heteroatoms. The largest absolute Gasteiger partial charge is 0.394 e. The molecule has 0 bridgehead atoms. The zero-order valence-corrected chi connectivity index (χ0v) is 15.1. The number of hydroxylamine groups is 1. The minimum atomic E-state index is -1.32. The Kier molecular flexibility index (Phi) is 7.14. The van der Waals surface area contributed by atoms with E-state index in [9.17, 15) is 13.6 Å². The van der Waals surface area contributed by atoms with Crippen LogP contribution in [0.1, 0.15) is 15.9 Å². The second-order valence-corrected chi connectivity index (χ2v) is 6.01. The lowest BCUT2D eigenvalue weighted by molar-refractivity contribution is -0.0295. The number of hydrogen-bond donors (Lipinski definition) is 4. The van der Waals surface area contributed by atoms with E-state index >= 15 is 0 Å². The van der Waals surface area contributed by atoms with Gasteiger partial charge in [0.1, 0.15) is 24.6 Å². The number of nitriles is 1. The summed E-state index contributed by atoms with van der Waals surface area (Å²) in [6, 6.07) is 5.07. The van der Waals surface area contributed by atoms with Gasteiger partial charge in [-0.1, -0.05) is 0 Å². The van der Waals surface area contributed by atoms with Crippen LogP contribution in [0.5, 0.6) is 0 Å². The predicted octanol–water partition coefficient (Wildman–Crippen LogP) is 1.75. The summed E-state index contributed by atoms with van der Waals surface area (Å²) < 4.78 is 28.2. The number of amides is 1. The van der Waals surface area contributed by atoms with E-state index in [-0.39, 0.29) is 16.9 Å². The molecule has 1 heterocycles. The van der Waals surface area contributed by atoms with Gasteiger partial charge in [-0.3, -0.25) is 9.63 Å². The van der Waals surface area contributed by atoms with E-state index < -0.39 is 42.5 Å². The Hall–Kier alpha value is -2.65. The Bertz CT molecular complexity index is 891. The zero-order valence-electron chi connectivity index (χ0n) is 13.5. The van der Waals surface area contributed by atoms with Gasteiger partial charge in [-0.15, -0.1) is 0 Å². The molecule has 2 aromatic rings. The van der Waals surface area contributed by atoms with E-state index in [1.165, 1.54) is 12.3 Å². The van der Waals surface area contributed by atoms with Crippen molar-refractivity contribution in [3.05, 3.63) is 51.6 Å². The first-order chi connectivity index (χ1) is 12.9. The highest BCUT2D eigenvalue weighted by Crippen LogP contribution is 2.29. The van der Waals surface area contributed by atoms with E-state index in [1.807, 2.05) is 11.5 Å². The van der Waals surface area contributed by atoms with Crippen molar-refractivity contribution in [2.24, 2.45) is 0 Å². The number of aromatic nitrogens is 1. The number of aliphatic hydroxyl groups is 2. The summed E-state index contributed by atoms with van der Waals surface area (Å²) in [4.78, 5) is 20.8. The van der Waals surface area contributed by atoms with Crippen LogP contribution >= 0.6 is 15.9 Å². The Morgan fingerprint density at radius 3 is 2.81 bits per heavy atom. The lowest BCUT2D eigenvalue weighted by Crippen LogP contribution is -2.30. The van der Waals surface area contributed by atoms with E-state index in [4.69, 9.17) is 20.3 Å². The third-order valence-corrected chi connectivity index (χ3v) is 3.81. The molecule has 2 rings (SSSR count). The first kappa shape index (κ1) is 20.7. The SMILES string of the molecule is N#Cc1cnc(Nc2c(C(=O)NOCC(O)CO)ccc(F)c2F)c(Br)c1. The topological polar surface area (TPSA) is 128 Å². The molecular formula is C16H13BrF2N4O4. The number of carbonyl (C=O) groups excluding carboxylic acids is 1. The summed E-state index contributed by atoms with van der Waals surface area (Å²) in [5, 5.41) is 29.2. The minimum absolute atomic E-state index is 0.0455. The van der Waals surface area contributed by atoms with Gasteiger partial charge in [0.25, 0.3) is 5.91 Å². The maximum absolute atomic E-state index is 14.3. The molecule has 4 N–H and O–H groups in total. The first-order valence-electron chi connectivity index (χ1n) is 7.39. The van der Waals surface area contributed by atoms with Gasteiger partial charge in [-0.05, 0) is 34.1 Å². The number of nitrogens with zero attached hydrogens (tertiary/aromatic N) is 2. The smallest absolute Gasteiger partial charge is 0.277 e.